The molecule has 0 rings (SSSR count). The van der Waals surface area contributed by atoms with Crippen LogP contribution < -0.4 is 0 Å². The molecule has 0 heterocycles. The summed E-state index contributed by atoms with van der Waals surface area (Å²) in [7, 11) is -9.91. The van der Waals surface area contributed by atoms with Gasteiger partial charge in [-0.1, -0.05) is 368 Å². The molecule has 17 nitrogen and oxygen atoms in total. The van der Waals surface area contributed by atoms with Gasteiger partial charge in [0.2, 0.25) is 0 Å². The number of rotatable bonds is 79. The number of hydrogen-bond donors (Lipinski definition) is 3. The number of carbonyl (C=O) groups excluding carboxylic acids is 4. The topological polar surface area (TPSA) is 237 Å². The first-order chi connectivity index (χ1) is 47.2. The quantitative estimate of drug-likeness (QED) is 0.0222. The van der Waals surface area contributed by atoms with Gasteiger partial charge in [0.25, 0.3) is 0 Å². The smallest absolute Gasteiger partial charge is 0.462 e. The van der Waals surface area contributed by atoms with Crippen LogP contribution in [0.15, 0.2) is 0 Å². The molecule has 0 saturated heterocycles. The lowest BCUT2D eigenvalue weighted by molar-refractivity contribution is -0.161. The summed E-state index contributed by atoms with van der Waals surface area (Å²) in [5, 5.41) is 10.6. The Morgan fingerprint density at radius 2 is 0.412 bits per heavy atom. The van der Waals surface area contributed by atoms with Crippen molar-refractivity contribution in [2.45, 2.75) is 438 Å². The van der Waals surface area contributed by atoms with Crippen LogP contribution in [-0.2, 0) is 65.4 Å². The monoisotopic (exact) mass is 1420 g/mol. The van der Waals surface area contributed by atoms with Crippen molar-refractivity contribution in [3.05, 3.63) is 0 Å². The summed E-state index contributed by atoms with van der Waals surface area (Å²) in [6.07, 6.45) is 63.8. The van der Waals surface area contributed by atoms with Crippen molar-refractivity contribution in [1.82, 2.24) is 0 Å². The second-order valence-corrected chi connectivity index (χ2v) is 31.0. The Balaban J connectivity index is 5.19. The maximum atomic E-state index is 13.1. The molecular formula is C78H152O17P2. The molecule has 0 aromatic heterocycles. The van der Waals surface area contributed by atoms with E-state index in [0.29, 0.717) is 25.7 Å². The van der Waals surface area contributed by atoms with E-state index in [4.69, 9.17) is 37.0 Å². The fourth-order valence-corrected chi connectivity index (χ4v) is 13.7. The van der Waals surface area contributed by atoms with Crippen LogP contribution in [-0.4, -0.2) is 96.7 Å². The maximum Gasteiger partial charge on any atom is 0.472 e. The molecule has 19 heteroatoms. The number of esters is 4. The summed E-state index contributed by atoms with van der Waals surface area (Å²) >= 11 is 0. The van der Waals surface area contributed by atoms with Crippen molar-refractivity contribution in [1.29, 1.82) is 0 Å². The minimum Gasteiger partial charge on any atom is -0.462 e. The third-order valence-electron chi connectivity index (χ3n) is 18.4. The Morgan fingerprint density at radius 1 is 0.247 bits per heavy atom. The molecule has 0 aliphatic heterocycles. The van der Waals surface area contributed by atoms with Gasteiger partial charge in [-0.2, -0.15) is 0 Å². The Hall–Kier alpha value is -1.94. The van der Waals surface area contributed by atoms with Crippen LogP contribution >= 0.6 is 15.6 Å². The Morgan fingerprint density at radius 3 is 0.608 bits per heavy atom. The number of ether oxygens (including phenoxy) is 4. The average Bonchev–Trinajstić information content (AvgIpc) is 1.62. The number of phosphoric acid groups is 2. The number of aliphatic hydroxyl groups is 1. The second kappa shape index (κ2) is 72.4. The van der Waals surface area contributed by atoms with Gasteiger partial charge in [-0.25, -0.2) is 9.13 Å². The van der Waals surface area contributed by atoms with E-state index in [9.17, 15) is 43.2 Å². The van der Waals surface area contributed by atoms with Crippen molar-refractivity contribution in [2.75, 3.05) is 39.6 Å². The summed E-state index contributed by atoms with van der Waals surface area (Å²) in [6.45, 7) is 4.99. The minimum absolute atomic E-state index is 0.108. The van der Waals surface area contributed by atoms with Crippen molar-refractivity contribution >= 4 is 39.5 Å². The van der Waals surface area contributed by atoms with Gasteiger partial charge in [0.1, 0.15) is 19.3 Å². The van der Waals surface area contributed by atoms with Gasteiger partial charge in [0.15, 0.2) is 12.2 Å². The zero-order chi connectivity index (χ0) is 71.1. The molecular weight excluding hydrogens is 1270 g/mol. The van der Waals surface area contributed by atoms with Crippen molar-refractivity contribution in [2.24, 2.45) is 0 Å². The number of unbranched alkanes of at least 4 members (excludes halogenated alkanes) is 53. The first-order valence-electron chi connectivity index (χ1n) is 40.8. The van der Waals surface area contributed by atoms with E-state index in [1.165, 1.54) is 250 Å². The van der Waals surface area contributed by atoms with Crippen LogP contribution in [0.1, 0.15) is 419 Å². The predicted octanol–water partition coefficient (Wildman–Crippen LogP) is 23.4. The van der Waals surface area contributed by atoms with E-state index in [0.717, 1.165) is 89.9 Å². The minimum atomic E-state index is -4.96. The van der Waals surface area contributed by atoms with Gasteiger partial charge in [0, 0.05) is 25.7 Å². The predicted molar refractivity (Wildman–Crippen MR) is 395 cm³/mol. The van der Waals surface area contributed by atoms with Crippen LogP contribution in [0.25, 0.3) is 0 Å². The number of carbonyl (C=O) groups is 4. The zero-order valence-electron chi connectivity index (χ0n) is 63.1. The van der Waals surface area contributed by atoms with Crippen molar-refractivity contribution in [3.8, 4) is 0 Å². The van der Waals surface area contributed by atoms with E-state index in [2.05, 4.69) is 27.7 Å². The molecule has 5 atom stereocenters. The van der Waals surface area contributed by atoms with E-state index >= 15 is 0 Å². The van der Waals surface area contributed by atoms with E-state index < -0.39 is 97.5 Å². The second-order valence-electron chi connectivity index (χ2n) is 28.1. The van der Waals surface area contributed by atoms with Crippen LogP contribution in [0.4, 0.5) is 0 Å². The number of phosphoric ester groups is 2. The molecule has 0 radical (unpaired) electrons. The number of hydrogen-bond acceptors (Lipinski definition) is 15. The van der Waals surface area contributed by atoms with E-state index in [-0.39, 0.29) is 25.7 Å². The molecule has 2 unspecified atom stereocenters. The largest absolute Gasteiger partial charge is 0.472 e. The summed E-state index contributed by atoms with van der Waals surface area (Å²) in [5.74, 6) is -2.11. The van der Waals surface area contributed by atoms with Crippen LogP contribution in [0, 0.1) is 0 Å². The highest BCUT2D eigenvalue weighted by Crippen LogP contribution is 2.45. The Bertz CT molecular complexity index is 1840. The highest BCUT2D eigenvalue weighted by Gasteiger charge is 2.30. The third-order valence-corrected chi connectivity index (χ3v) is 20.3. The molecule has 3 N–H and O–H groups in total. The zero-order valence-corrected chi connectivity index (χ0v) is 64.8. The number of aliphatic hydroxyl groups excluding tert-OH is 1. The summed E-state index contributed by atoms with van der Waals surface area (Å²) in [6, 6.07) is 0. The van der Waals surface area contributed by atoms with Crippen LogP contribution in [0.2, 0.25) is 0 Å². The lowest BCUT2D eigenvalue weighted by atomic mass is 10.0. The van der Waals surface area contributed by atoms with Crippen LogP contribution in [0.3, 0.4) is 0 Å². The van der Waals surface area contributed by atoms with Gasteiger partial charge in [-0.05, 0) is 25.7 Å². The molecule has 0 aliphatic carbocycles. The maximum absolute atomic E-state index is 13.1. The fourth-order valence-electron chi connectivity index (χ4n) is 12.1. The molecule has 97 heavy (non-hydrogen) atoms. The fraction of sp³-hybridized carbons (Fsp3) is 0.949. The molecule has 576 valence electrons. The van der Waals surface area contributed by atoms with Gasteiger partial charge in [0.05, 0.1) is 26.4 Å². The summed E-state index contributed by atoms with van der Waals surface area (Å²) < 4.78 is 68.5. The van der Waals surface area contributed by atoms with Gasteiger partial charge < -0.3 is 33.8 Å². The SMILES string of the molecule is CCCCCCCCCCCCCCCCCCCCCCCC(=O)O[C@H](COC(=O)CCCCCCCCCCCCCCCCC)COP(=O)(O)OC[C@@H](O)COP(=O)(O)OC[C@@H](COC(=O)CCCCCCCCCCC)OC(=O)CCCCCCCCCCCCCC. The van der Waals surface area contributed by atoms with Gasteiger partial charge >= 0.3 is 39.5 Å². The van der Waals surface area contributed by atoms with Crippen LogP contribution in [0.5, 0.6) is 0 Å². The normalized spacial score (nSPS) is 13.8. The summed E-state index contributed by atoms with van der Waals surface area (Å²) in [4.78, 5) is 72.8. The molecule has 0 spiro atoms. The van der Waals surface area contributed by atoms with Gasteiger partial charge in [-0.15, -0.1) is 0 Å². The molecule has 0 bridgehead atoms. The molecule has 0 saturated carbocycles. The highest BCUT2D eigenvalue weighted by atomic mass is 31.2. The molecule has 0 aromatic carbocycles. The van der Waals surface area contributed by atoms with Gasteiger partial charge in [-0.3, -0.25) is 37.3 Å². The standard InChI is InChI=1S/C78H152O17P2/c1-5-9-13-17-21-25-28-31-33-34-35-36-37-38-40-42-45-49-53-57-61-65-78(83)95-74(69-89-76(81)63-59-55-51-47-44-41-39-32-29-26-22-18-14-10-6-2)71-93-97(86,87)91-67-72(79)66-90-96(84,85)92-70-73(68-88-75(80)62-58-54-50-46-24-20-16-12-8-4)94-77(82)64-60-56-52-48-43-30-27-23-19-15-11-7-3/h72-74,79H,5-71H2,1-4H3,(H,84,85)(H,86,87)/t72-,73+,74+/m0/s1. The Labute approximate surface area is 594 Å². The third kappa shape index (κ3) is 72.2. The molecule has 0 fully saturated rings. The molecule has 0 aromatic rings. The van der Waals surface area contributed by atoms with E-state index in [1.807, 2.05) is 0 Å². The lowest BCUT2D eigenvalue weighted by Crippen LogP contribution is -2.30. The summed E-state index contributed by atoms with van der Waals surface area (Å²) in [5.41, 5.74) is 0. The molecule has 0 aliphatic rings. The highest BCUT2D eigenvalue weighted by molar-refractivity contribution is 7.47. The first-order valence-corrected chi connectivity index (χ1v) is 43.8. The Kier molecular flexibility index (Phi) is 71.0. The first kappa shape index (κ1) is 95.1. The van der Waals surface area contributed by atoms with Crippen molar-refractivity contribution in [3.63, 3.8) is 0 Å². The molecule has 0 amide bonds. The van der Waals surface area contributed by atoms with E-state index in [1.54, 1.807) is 0 Å². The average molecular weight is 1420 g/mol. The van der Waals surface area contributed by atoms with Crippen molar-refractivity contribution < 1.29 is 80.2 Å². The lowest BCUT2D eigenvalue weighted by Gasteiger charge is -2.21.